The van der Waals surface area contributed by atoms with Gasteiger partial charge in [0.25, 0.3) is 0 Å². The number of nitrogens with one attached hydrogen (secondary N) is 1. The molecule has 0 saturated heterocycles. The summed E-state index contributed by atoms with van der Waals surface area (Å²) in [4.78, 5) is 2.20. The summed E-state index contributed by atoms with van der Waals surface area (Å²) < 4.78 is 26.8. The van der Waals surface area contributed by atoms with E-state index in [0.29, 0.717) is 22.2 Å². The van der Waals surface area contributed by atoms with Crippen molar-refractivity contribution in [2.24, 2.45) is 0 Å². The second kappa shape index (κ2) is 8.34. The lowest BCUT2D eigenvalue weighted by atomic mass is 10.2. The van der Waals surface area contributed by atoms with Gasteiger partial charge in [0.1, 0.15) is 0 Å². The van der Waals surface area contributed by atoms with Crippen molar-refractivity contribution >= 4 is 33.2 Å². The van der Waals surface area contributed by atoms with Crippen LogP contribution in [0.1, 0.15) is 26.3 Å². The van der Waals surface area contributed by atoms with Crippen molar-refractivity contribution in [1.29, 1.82) is 0 Å². The van der Waals surface area contributed by atoms with Crippen LogP contribution >= 0.6 is 23.2 Å². The minimum atomic E-state index is -3.39. The quantitative estimate of drug-likeness (QED) is 0.781. The molecule has 1 rings (SSSR count). The van der Waals surface area contributed by atoms with E-state index in [-0.39, 0.29) is 11.8 Å². The maximum Gasteiger partial charge on any atom is 0.215 e. The molecule has 1 atom stereocenters. The topological polar surface area (TPSA) is 49.4 Å². The number of likely N-dealkylation sites (N-methyl/N-ethyl adjacent to an activating group) is 1. The number of benzene rings is 1. The summed E-state index contributed by atoms with van der Waals surface area (Å²) >= 11 is 11.7. The third-order valence-corrected chi connectivity index (χ3v) is 5.43. The minimum absolute atomic E-state index is 0.102. The molecule has 0 spiro atoms. The highest BCUT2D eigenvalue weighted by atomic mass is 35.5. The van der Waals surface area contributed by atoms with Gasteiger partial charge in [-0.2, -0.15) is 0 Å². The predicted molar refractivity (Wildman–Crippen MR) is 89.5 cm³/mol. The Kier molecular flexibility index (Phi) is 7.44. The largest absolute Gasteiger partial charge is 0.300 e. The van der Waals surface area contributed by atoms with Crippen molar-refractivity contribution in [3.63, 3.8) is 0 Å². The summed E-state index contributed by atoms with van der Waals surface area (Å²) in [5, 5.41) is 0.779. The number of halogens is 2. The molecular weight excluding hydrogens is 331 g/mol. The van der Waals surface area contributed by atoms with Gasteiger partial charge in [-0.15, -0.1) is 0 Å². The zero-order valence-corrected chi connectivity index (χ0v) is 14.9. The maximum absolute atomic E-state index is 12.1. The lowest BCUT2D eigenvalue weighted by molar-refractivity contribution is 0.232. The Balaban J connectivity index is 2.63. The first-order valence-corrected chi connectivity index (χ1v) is 9.35. The predicted octanol–water partition coefficient (Wildman–Crippen LogP) is 3.14. The van der Waals surface area contributed by atoms with Gasteiger partial charge < -0.3 is 0 Å². The Morgan fingerprint density at radius 2 is 1.81 bits per heavy atom. The summed E-state index contributed by atoms with van der Waals surface area (Å²) in [5.41, 5.74) is 0.618. The zero-order valence-electron chi connectivity index (χ0n) is 12.6. The first kappa shape index (κ1) is 18.7. The van der Waals surface area contributed by atoms with Crippen LogP contribution in [0.4, 0.5) is 0 Å². The Morgan fingerprint density at radius 1 is 1.19 bits per heavy atom. The van der Waals surface area contributed by atoms with Gasteiger partial charge >= 0.3 is 0 Å². The molecule has 0 aromatic heterocycles. The fraction of sp³-hybridized carbons (Fsp3) is 0.571. The summed E-state index contributed by atoms with van der Waals surface area (Å²) in [7, 11) is -3.39. The monoisotopic (exact) mass is 352 g/mol. The van der Waals surface area contributed by atoms with Gasteiger partial charge in [0.2, 0.25) is 10.0 Å². The molecule has 0 radical (unpaired) electrons. The number of sulfonamides is 1. The highest BCUT2D eigenvalue weighted by Crippen LogP contribution is 2.23. The standard InChI is InChI=1S/C14H22Cl2N2O2S/c1-4-18(5-2)11(3)9-17-21(19,20)10-12-6-7-13(15)14(16)8-12/h6-8,11,17H,4-5,9-10H2,1-3H3. The third kappa shape index (κ3) is 6.12. The molecule has 7 heteroatoms. The second-order valence-electron chi connectivity index (χ2n) is 4.93. The second-order valence-corrected chi connectivity index (χ2v) is 7.55. The van der Waals surface area contributed by atoms with E-state index in [1.165, 1.54) is 0 Å². The van der Waals surface area contributed by atoms with E-state index in [0.717, 1.165) is 13.1 Å². The Bertz CT molecular complexity index is 560. The Hall–Kier alpha value is -0.330. The van der Waals surface area contributed by atoms with Crippen LogP contribution in [-0.4, -0.2) is 39.0 Å². The number of rotatable bonds is 8. The van der Waals surface area contributed by atoms with Crippen molar-refractivity contribution in [3.8, 4) is 0 Å². The maximum atomic E-state index is 12.1. The van der Waals surface area contributed by atoms with Crippen molar-refractivity contribution in [2.45, 2.75) is 32.6 Å². The summed E-state index contributed by atoms with van der Waals surface area (Å²) in [6.07, 6.45) is 0. The number of hydrogen-bond donors (Lipinski definition) is 1. The molecule has 4 nitrogen and oxygen atoms in total. The molecule has 0 aliphatic carbocycles. The van der Waals surface area contributed by atoms with Crippen molar-refractivity contribution < 1.29 is 8.42 Å². The van der Waals surface area contributed by atoms with Crippen molar-refractivity contribution in [1.82, 2.24) is 9.62 Å². The average Bonchev–Trinajstić information content (AvgIpc) is 2.42. The molecule has 0 aliphatic heterocycles. The summed E-state index contributed by atoms with van der Waals surface area (Å²) in [6, 6.07) is 5.01. The smallest absolute Gasteiger partial charge is 0.215 e. The molecule has 1 aromatic carbocycles. The van der Waals surface area contributed by atoms with Gasteiger partial charge in [0.15, 0.2) is 0 Å². The van der Waals surface area contributed by atoms with E-state index in [9.17, 15) is 8.42 Å². The minimum Gasteiger partial charge on any atom is -0.300 e. The Labute approximate surface area is 137 Å². The van der Waals surface area contributed by atoms with Crippen molar-refractivity contribution in [3.05, 3.63) is 33.8 Å². The van der Waals surface area contributed by atoms with Crippen LogP contribution in [-0.2, 0) is 15.8 Å². The zero-order chi connectivity index (χ0) is 16.0. The lowest BCUT2D eigenvalue weighted by Crippen LogP contribution is -2.42. The van der Waals surface area contributed by atoms with E-state index < -0.39 is 10.0 Å². The van der Waals surface area contributed by atoms with Crippen LogP contribution in [0.25, 0.3) is 0 Å². The molecule has 1 aromatic rings. The number of hydrogen-bond acceptors (Lipinski definition) is 3. The third-order valence-electron chi connectivity index (χ3n) is 3.38. The average molecular weight is 353 g/mol. The van der Waals surface area contributed by atoms with E-state index in [2.05, 4.69) is 23.5 Å². The van der Waals surface area contributed by atoms with E-state index >= 15 is 0 Å². The van der Waals surface area contributed by atoms with Crippen molar-refractivity contribution in [2.75, 3.05) is 19.6 Å². The van der Waals surface area contributed by atoms with E-state index in [4.69, 9.17) is 23.2 Å². The molecule has 0 heterocycles. The highest BCUT2D eigenvalue weighted by molar-refractivity contribution is 7.88. The number of nitrogens with zero attached hydrogens (tertiary/aromatic N) is 1. The Morgan fingerprint density at radius 3 is 2.33 bits per heavy atom. The van der Waals surface area contributed by atoms with Gasteiger partial charge in [0, 0.05) is 12.6 Å². The van der Waals surface area contributed by atoms with Gasteiger partial charge in [-0.05, 0) is 37.7 Å². The van der Waals surface area contributed by atoms with Crippen LogP contribution < -0.4 is 4.72 Å². The molecule has 1 unspecified atom stereocenters. The van der Waals surface area contributed by atoms with Crippen LogP contribution in [0.5, 0.6) is 0 Å². The van der Waals surface area contributed by atoms with Crippen LogP contribution in [0.2, 0.25) is 10.0 Å². The van der Waals surface area contributed by atoms with E-state index in [1.807, 2.05) is 6.92 Å². The van der Waals surface area contributed by atoms with Gasteiger partial charge in [-0.3, -0.25) is 4.90 Å². The highest BCUT2D eigenvalue weighted by Gasteiger charge is 2.16. The molecule has 0 fully saturated rings. The normalized spacial score (nSPS) is 13.6. The molecule has 21 heavy (non-hydrogen) atoms. The van der Waals surface area contributed by atoms with Crippen LogP contribution in [0.15, 0.2) is 18.2 Å². The first-order valence-electron chi connectivity index (χ1n) is 6.94. The molecule has 0 aliphatic rings. The fourth-order valence-corrected chi connectivity index (χ4v) is 3.66. The van der Waals surface area contributed by atoms with E-state index in [1.54, 1.807) is 18.2 Å². The first-order chi connectivity index (χ1) is 9.79. The molecule has 1 N–H and O–H groups in total. The van der Waals surface area contributed by atoms with Gasteiger partial charge in [-0.1, -0.05) is 43.1 Å². The molecule has 0 bridgehead atoms. The molecule has 0 amide bonds. The lowest BCUT2D eigenvalue weighted by Gasteiger charge is -2.26. The molecular formula is C14H22Cl2N2O2S. The van der Waals surface area contributed by atoms with Gasteiger partial charge in [-0.25, -0.2) is 13.1 Å². The molecule has 120 valence electrons. The van der Waals surface area contributed by atoms with Crippen LogP contribution in [0, 0.1) is 0 Å². The van der Waals surface area contributed by atoms with Crippen LogP contribution in [0.3, 0.4) is 0 Å². The SMILES string of the molecule is CCN(CC)C(C)CNS(=O)(=O)Cc1ccc(Cl)c(Cl)c1. The summed E-state index contributed by atoms with van der Waals surface area (Å²) in [5.74, 6) is -0.102. The fourth-order valence-electron chi connectivity index (χ4n) is 2.12. The summed E-state index contributed by atoms with van der Waals surface area (Å²) in [6.45, 7) is 8.31. The molecule has 0 saturated carbocycles. The van der Waals surface area contributed by atoms with Gasteiger partial charge in [0.05, 0.1) is 15.8 Å².